The van der Waals surface area contributed by atoms with Crippen LogP contribution in [0.4, 0.5) is 11.6 Å². The van der Waals surface area contributed by atoms with Gasteiger partial charge in [-0.05, 0) is 12.8 Å². The zero-order chi connectivity index (χ0) is 14.7. The van der Waals surface area contributed by atoms with Crippen LogP contribution in [0.15, 0.2) is 12.4 Å². The Labute approximate surface area is 125 Å². The van der Waals surface area contributed by atoms with Crippen LogP contribution >= 0.6 is 0 Å². The number of aromatic nitrogens is 2. The Morgan fingerprint density at radius 2 is 1.57 bits per heavy atom. The summed E-state index contributed by atoms with van der Waals surface area (Å²) in [7, 11) is 0. The number of carbonyl (C=O) groups is 1. The van der Waals surface area contributed by atoms with Crippen LogP contribution in [0.3, 0.4) is 0 Å². The Morgan fingerprint density at radius 3 is 2.14 bits per heavy atom. The molecule has 114 valence electrons. The third kappa shape index (κ3) is 3.09. The molecular weight excluding hydrogens is 266 g/mol. The Kier molecular flexibility index (Phi) is 4.22. The smallest absolute Gasteiger partial charge is 0.222 e. The van der Waals surface area contributed by atoms with Gasteiger partial charge in [-0.25, -0.2) is 9.97 Å². The summed E-state index contributed by atoms with van der Waals surface area (Å²) in [6.07, 6.45) is 4.74. The summed E-state index contributed by atoms with van der Waals surface area (Å²) in [4.78, 5) is 27.0. The fraction of sp³-hybridized carbons (Fsp3) is 0.667. The quantitative estimate of drug-likeness (QED) is 0.835. The second kappa shape index (κ2) is 6.28. The van der Waals surface area contributed by atoms with Crippen molar-refractivity contribution in [3.63, 3.8) is 0 Å². The molecule has 0 N–H and O–H groups in total. The van der Waals surface area contributed by atoms with E-state index in [9.17, 15) is 4.79 Å². The topological polar surface area (TPSA) is 52.6 Å². The molecule has 2 saturated heterocycles. The molecule has 0 atom stereocenters. The monoisotopic (exact) mass is 289 g/mol. The molecule has 1 aromatic rings. The van der Waals surface area contributed by atoms with Crippen LogP contribution < -0.4 is 9.80 Å². The van der Waals surface area contributed by atoms with E-state index >= 15 is 0 Å². The normalized spacial score (nSPS) is 19.2. The van der Waals surface area contributed by atoms with Gasteiger partial charge in [-0.3, -0.25) is 4.79 Å². The van der Waals surface area contributed by atoms with Gasteiger partial charge in [0, 0.05) is 51.8 Å². The van der Waals surface area contributed by atoms with Crippen molar-refractivity contribution in [3.05, 3.63) is 12.4 Å². The fourth-order valence-corrected chi connectivity index (χ4v) is 3.04. The van der Waals surface area contributed by atoms with Crippen molar-refractivity contribution >= 4 is 17.5 Å². The van der Waals surface area contributed by atoms with Crippen LogP contribution in [0.1, 0.15) is 26.2 Å². The molecule has 0 bridgehead atoms. The third-order valence-electron chi connectivity index (χ3n) is 4.33. The number of nitrogens with zero attached hydrogens (tertiary/aromatic N) is 5. The molecule has 3 rings (SSSR count). The van der Waals surface area contributed by atoms with Crippen molar-refractivity contribution in [3.8, 4) is 0 Å². The van der Waals surface area contributed by atoms with Gasteiger partial charge in [0.1, 0.15) is 18.0 Å². The molecule has 2 fully saturated rings. The lowest BCUT2D eigenvalue weighted by molar-refractivity contribution is -0.131. The number of amides is 1. The van der Waals surface area contributed by atoms with Crippen LogP contribution in [-0.4, -0.2) is 60.0 Å². The minimum absolute atomic E-state index is 0.245. The lowest BCUT2D eigenvalue weighted by Crippen LogP contribution is -2.48. The molecule has 0 saturated carbocycles. The van der Waals surface area contributed by atoms with Gasteiger partial charge in [-0.15, -0.1) is 0 Å². The first kappa shape index (κ1) is 14.1. The average molecular weight is 289 g/mol. The van der Waals surface area contributed by atoms with E-state index in [0.29, 0.717) is 6.42 Å². The van der Waals surface area contributed by atoms with Crippen molar-refractivity contribution in [1.82, 2.24) is 14.9 Å². The van der Waals surface area contributed by atoms with Crippen molar-refractivity contribution in [1.29, 1.82) is 0 Å². The summed E-state index contributed by atoms with van der Waals surface area (Å²) in [5.74, 6) is 2.26. The maximum atomic E-state index is 11.7. The molecule has 2 aliphatic rings. The number of hydrogen-bond donors (Lipinski definition) is 0. The number of rotatable bonds is 3. The van der Waals surface area contributed by atoms with E-state index in [2.05, 4.69) is 25.8 Å². The third-order valence-corrected chi connectivity index (χ3v) is 4.33. The van der Waals surface area contributed by atoms with Gasteiger partial charge in [0.25, 0.3) is 0 Å². The van der Waals surface area contributed by atoms with Gasteiger partial charge in [-0.1, -0.05) is 6.92 Å². The zero-order valence-electron chi connectivity index (χ0n) is 12.7. The van der Waals surface area contributed by atoms with Crippen molar-refractivity contribution < 1.29 is 4.79 Å². The number of hydrogen-bond acceptors (Lipinski definition) is 5. The molecule has 0 radical (unpaired) electrons. The van der Waals surface area contributed by atoms with E-state index in [-0.39, 0.29) is 5.91 Å². The molecule has 21 heavy (non-hydrogen) atoms. The first-order valence-corrected chi connectivity index (χ1v) is 7.87. The van der Waals surface area contributed by atoms with E-state index in [1.165, 1.54) is 12.8 Å². The maximum Gasteiger partial charge on any atom is 0.222 e. The van der Waals surface area contributed by atoms with Gasteiger partial charge in [-0.2, -0.15) is 0 Å². The predicted molar refractivity (Wildman–Crippen MR) is 82.6 cm³/mol. The van der Waals surface area contributed by atoms with Crippen molar-refractivity contribution in [2.75, 3.05) is 49.1 Å². The summed E-state index contributed by atoms with van der Waals surface area (Å²) in [6.45, 7) is 7.38. The second-order valence-corrected chi connectivity index (χ2v) is 5.65. The van der Waals surface area contributed by atoms with Crippen molar-refractivity contribution in [2.45, 2.75) is 26.2 Å². The molecule has 6 nitrogen and oxygen atoms in total. The van der Waals surface area contributed by atoms with E-state index in [1.807, 2.05) is 11.8 Å². The molecule has 2 aliphatic heterocycles. The standard InChI is InChI=1S/C15H23N5O/c1-2-15(21)20-9-7-19(8-10-20)14-11-13(16-12-17-14)18-5-3-4-6-18/h11-12H,2-10H2,1H3. The molecular formula is C15H23N5O. The van der Waals surface area contributed by atoms with E-state index < -0.39 is 0 Å². The number of anilines is 2. The Bertz CT molecular complexity index is 493. The van der Waals surface area contributed by atoms with E-state index in [4.69, 9.17) is 0 Å². The maximum absolute atomic E-state index is 11.7. The van der Waals surface area contributed by atoms with Crippen LogP contribution in [0.5, 0.6) is 0 Å². The highest BCUT2D eigenvalue weighted by Crippen LogP contribution is 2.22. The Morgan fingerprint density at radius 1 is 1.00 bits per heavy atom. The largest absolute Gasteiger partial charge is 0.356 e. The number of piperazine rings is 1. The minimum Gasteiger partial charge on any atom is -0.356 e. The molecule has 1 amide bonds. The summed E-state index contributed by atoms with van der Waals surface area (Å²) >= 11 is 0. The predicted octanol–water partition coefficient (Wildman–Crippen LogP) is 1.14. The SMILES string of the molecule is CCC(=O)N1CCN(c2cc(N3CCCC3)ncn2)CC1. The first-order valence-electron chi connectivity index (χ1n) is 7.87. The fourth-order valence-electron chi connectivity index (χ4n) is 3.04. The molecule has 0 aliphatic carbocycles. The number of carbonyl (C=O) groups excluding carboxylic acids is 1. The van der Waals surface area contributed by atoms with Crippen LogP contribution in [0.2, 0.25) is 0 Å². The van der Waals surface area contributed by atoms with Gasteiger partial charge in [0.2, 0.25) is 5.91 Å². The lowest BCUT2D eigenvalue weighted by atomic mass is 10.3. The zero-order valence-corrected chi connectivity index (χ0v) is 12.7. The highest BCUT2D eigenvalue weighted by molar-refractivity contribution is 5.76. The lowest BCUT2D eigenvalue weighted by Gasteiger charge is -2.35. The molecule has 0 aromatic carbocycles. The van der Waals surface area contributed by atoms with Gasteiger partial charge < -0.3 is 14.7 Å². The second-order valence-electron chi connectivity index (χ2n) is 5.65. The first-order chi connectivity index (χ1) is 10.3. The molecule has 0 unspecified atom stereocenters. The highest BCUT2D eigenvalue weighted by Gasteiger charge is 2.22. The molecule has 1 aromatic heterocycles. The molecule has 3 heterocycles. The summed E-state index contributed by atoms with van der Waals surface area (Å²) in [5, 5.41) is 0. The average Bonchev–Trinajstić information content (AvgIpc) is 3.09. The highest BCUT2D eigenvalue weighted by atomic mass is 16.2. The summed E-state index contributed by atoms with van der Waals surface area (Å²) in [6, 6.07) is 2.09. The summed E-state index contributed by atoms with van der Waals surface area (Å²) < 4.78 is 0. The van der Waals surface area contributed by atoms with Crippen molar-refractivity contribution in [2.24, 2.45) is 0 Å². The minimum atomic E-state index is 0.245. The van der Waals surface area contributed by atoms with E-state index in [0.717, 1.165) is 50.9 Å². The van der Waals surface area contributed by atoms with Crippen LogP contribution in [-0.2, 0) is 4.79 Å². The Balaban J connectivity index is 1.65. The summed E-state index contributed by atoms with van der Waals surface area (Å²) in [5.41, 5.74) is 0. The molecule has 0 spiro atoms. The van der Waals surface area contributed by atoms with Gasteiger partial charge in [0.15, 0.2) is 0 Å². The van der Waals surface area contributed by atoms with Crippen LogP contribution in [0.25, 0.3) is 0 Å². The molecule has 6 heteroatoms. The Hall–Kier alpha value is -1.85. The van der Waals surface area contributed by atoms with E-state index in [1.54, 1.807) is 6.33 Å². The van der Waals surface area contributed by atoms with Gasteiger partial charge in [0.05, 0.1) is 0 Å². The van der Waals surface area contributed by atoms with Gasteiger partial charge >= 0.3 is 0 Å². The van der Waals surface area contributed by atoms with Crippen LogP contribution in [0, 0.1) is 0 Å².